The van der Waals surface area contributed by atoms with E-state index in [1.807, 2.05) is 0 Å². The van der Waals surface area contributed by atoms with Crippen LogP contribution in [-0.2, 0) is 4.79 Å². The van der Waals surface area contributed by atoms with Crippen molar-refractivity contribution in [2.75, 3.05) is 26.7 Å². The summed E-state index contributed by atoms with van der Waals surface area (Å²) in [5.41, 5.74) is 0.387. The molecule has 1 aromatic carbocycles. The Labute approximate surface area is 111 Å². The number of nitrogens with one attached hydrogen (secondary N) is 1. The molecule has 1 aliphatic heterocycles. The van der Waals surface area contributed by atoms with Gasteiger partial charge in [-0.25, -0.2) is 4.79 Å². The lowest BCUT2D eigenvalue weighted by Gasteiger charge is -2.33. The molecule has 0 aromatic heterocycles. The topological polar surface area (TPSA) is 78.9 Å². The lowest BCUT2D eigenvalue weighted by atomic mass is 10.1. The van der Waals surface area contributed by atoms with Crippen LogP contribution in [0.2, 0.25) is 0 Å². The van der Waals surface area contributed by atoms with E-state index < -0.39 is 12.0 Å². The monoisotopic (exact) mass is 264 g/mol. The van der Waals surface area contributed by atoms with Gasteiger partial charge in [-0.3, -0.25) is 4.79 Å². The number of methoxy groups -OCH3 is 1. The van der Waals surface area contributed by atoms with Gasteiger partial charge in [-0.05, 0) is 12.1 Å². The summed E-state index contributed by atoms with van der Waals surface area (Å²) in [6, 6.07) is 5.98. The molecule has 19 heavy (non-hydrogen) atoms. The molecule has 0 saturated carbocycles. The highest BCUT2D eigenvalue weighted by Crippen LogP contribution is 2.20. The molecule has 1 aromatic rings. The standard InChI is InChI=1S/C13H16N2O4/c1-19-11-5-3-2-4-9(11)12(16)15-7-6-14-8-10(15)13(17)18/h2-5,10,14H,6-8H2,1H3,(H,17,18). The molecule has 6 nitrogen and oxygen atoms in total. The minimum Gasteiger partial charge on any atom is -0.496 e. The van der Waals surface area contributed by atoms with Crippen molar-refractivity contribution in [2.24, 2.45) is 0 Å². The molecule has 102 valence electrons. The van der Waals surface area contributed by atoms with Gasteiger partial charge in [0.05, 0.1) is 12.7 Å². The summed E-state index contributed by atoms with van der Waals surface area (Å²) in [4.78, 5) is 25.0. The maximum atomic E-state index is 12.4. The number of carbonyl (C=O) groups excluding carboxylic acids is 1. The first-order valence-electron chi connectivity index (χ1n) is 6.02. The fraction of sp³-hybridized carbons (Fsp3) is 0.385. The molecule has 1 fully saturated rings. The van der Waals surface area contributed by atoms with Crippen LogP contribution >= 0.6 is 0 Å². The summed E-state index contributed by atoms with van der Waals surface area (Å²) in [6.07, 6.45) is 0. The van der Waals surface area contributed by atoms with E-state index in [4.69, 9.17) is 9.84 Å². The third-order valence-corrected chi connectivity index (χ3v) is 3.13. The second-order valence-electron chi connectivity index (χ2n) is 4.26. The number of piperazine rings is 1. The Hall–Kier alpha value is -2.08. The molecule has 6 heteroatoms. The number of carboxylic acids is 1. The van der Waals surface area contributed by atoms with Crippen molar-refractivity contribution in [3.63, 3.8) is 0 Å². The number of carbonyl (C=O) groups is 2. The minimum absolute atomic E-state index is 0.260. The van der Waals surface area contributed by atoms with Crippen LogP contribution in [0.3, 0.4) is 0 Å². The maximum absolute atomic E-state index is 12.4. The highest BCUT2D eigenvalue weighted by atomic mass is 16.5. The van der Waals surface area contributed by atoms with Crippen molar-refractivity contribution in [3.05, 3.63) is 29.8 Å². The number of benzene rings is 1. The summed E-state index contributed by atoms with van der Waals surface area (Å²) in [7, 11) is 1.48. The summed E-state index contributed by atoms with van der Waals surface area (Å²) >= 11 is 0. The average molecular weight is 264 g/mol. The number of hydrogen-bond acceptors (Lipinski definition) is 4. The Bertz CT molecular complexity index is 489. The van der Waals surface area contributed by atoms with Crippen molar-refractivity contribution in [1.82, 2.24) is 10.2 Å². The Balaban J connectivity index is 2.29. The van der Waals surface area contributed by atoms with Gasteiger partial charge in [0.15, 0.2) is 0 Å². The Morgan fingerprint density at radius 2 is 2.16 bits per heavy atom. The van der Waals surface area contributed by atoms with Crippen LogP contribution in [0.1, 0.15) is 10.4 Å². The highest BCUT2D eigenvalue weighted by Gasteiger charge is 2.33. The number of para-hydroxylation sites is 1. The van der Waals surface area contributed by atoms with E-state index in [0.717, 1.165) is 0 Å². The van der Waals surface area contributed by atoms with Gasteiger partial charge in [-0.15, -0.1) is 0 Å². The molecule has 0 bridgehead atoms. The molecule has 2 rings (SSSR count). The molecule has 1 aliphatic rings. The Morgan fingerprint density at radius 1 is 1.42 bits per heavy atom. The van der Waals surface area contributed by atoms with Crippen molar-refractivity contribution >= 4 is 11.9 Å². The zero-order valence-corrected chi connectivity index (χ0v) is 10.6. The number of rotatable bonds is 3. The molecule has 0 aliphatic carbocycles. The van der Waals surface area contributed by atoms with Crippen LogP contribution in [0.25, 0.3) is 0 Å². The Kier molecular flexibility index (Phi) is 4.01. The lowest BCUT2D eigenvalue weighted by molar-refractivity contribution is -0.142. The SMILES string of the molecule is COc1ccccc1C(=O)N1CCNCC1C(=O)O. The number of amides is 1. The maximum Gasteiger partial charge on any atom is 0.327 e. The van der Waals surface area contributed by atoms with Crippen LogP contribution in [-0.4, -0.2) is 54.7 Å². The van der Waals surface area contributed by atoms with Gasteiger partial charge in [0.25, 0.3) is 5.91 Å². The second-order valence-corrected chi connectivity index (χ2v) is 4.26. The third-order valence-electron chi connectivity index (χ3n) is 3.13. The zero-order chi connectivity index (χ0) is 13.8. The fourth-order valence-corrected chi connectivity index (χ4v) is 2.14. The quantitative estimate of drug-likeness (QED) is 0.815. The molecule has 1 unspecified atom stereocenters. The van der Waals surface area contributed by atoms with Crippen LogP contribution in [0.4, 0.5) is 0 Å². The smallest absolute Gasteiger partial charge is 0.327 e. The van der Waals surface area contributed by atoms with Crippen LogP contribution < -0.4 is 10.1 Å². The van der Waals surface area contributed by atoms with Crippen LogP contribution in [0.5, 0.6) is 5.75 Å². The molecular weight excluding hydrogens is 248 g/mol. The van der Waals surface area contributed by atoms with Gasteiger partial charge in [0.1, 0.15) is 11.8 Å². The van der Waals surface area contributed by atoms with E-state index in [1.54, 1.807) is 24.3 Å². The number of carboxylic acid groups (broad SMARTS) is 1. The predicted molar refractivity (Wildman–Crippen MR) is 68.3 cm³/mol. The minimum atomic E-state index is -1.00. The van der Waals surface area contributed by atoms with Gasteiger partial charge in [0.2, 0.25) is 0 Å². The van der Waals surface area contributed by atoms with Crippen LogP contribution in [0, 0.1) is 0 Å². The van der Waals surface area contributed by atoms with E-state index in [9.17, 15) is 9.59 Å². The number of aliphatic carboxylic acids is 1. The highest BCUT2D eigenvalue weighted by molar-refractivity contribution is 5.99. The number of ether oxygens (including phenoxy) is 1. The fourth-order valence-electron chi connectivity index (χ4n) is 2.14. The average Bonchev–Trinajstić information content (AvgIpc) is 2.46. The molecule has 0 spiro atoms. The van der Waals surface area contributed by atoms with E-state index in [-0.39, 0.29) is 12.5 Å². The van der Waals surface area contributed by atoms with E-state index >= 15 is 0 Å². The zero-order valence-electron chi connectivity index (χ0n) is 10.6. The Morgan fingerprint density at radius 3 is 2.84 bits per heavy atom. The summed E-state index contributed by atoms with van der Waals surface area (Å²) in [5.74, 6) is -0.864. The molecule has 1 atom stereocenters. The first-order valence-corrected chi connectivity index (χ1v) is 6.02. The van der Waals surface area contributed by atoms with E-state index in [0.29, 0.717) is 24.4 Å². The third kappa shape index (κ3) is 2.68. The normalized spacial score (nSPS) is 19.0. The van der Waals surface area contributed by atoms with Crippen LogP contribution in [0.15, 0.2) is 24.3 Å². The van der Waals surface area contributed by atoms with Crippen molar-refractivity contribution in [3.8, 4) is 5.75 Å². The summed E-state index contributed by atoms with van der Waals surface area (Å²) in [6.45, 7) is 1.22. The van der Waals surface area contributed by atoms with Crippen molar-refractivity contribution in [2.45, 2.75) is 6.04 Å². The van der Waals surface area contributed by atoms with E-state index in [1.165, 1.54) is 12.0 Å². The van der Waals surface area contributed by atoms with Gasteiger partial charge in [0, 0.05) is 19.6 Å². The summed E-state index contributed by atoms with van der Waals surface area (Å²) in [5, 5.41) is 12.1. The molecule has 2 N–H and O–H groups in total. The first-order chi connectivity index (χ1) is 9.15. The van der Waals surface area contributed by atoms with Gasteiger partial charge < -0.3 is 20.1 Å². The number of nitrogens with zero attached hydrogens (tertiary/aromatic N) is 1. The molecule has 1 saturated heterocycles. The second kappa shape index (κ2) is 5.71. The van der Waals surface area contributed by atoms with Crippen molar-refractivity contribution in [1.29, 1.82) is 0 Å². The predicted octanol–water partition coefficient (Wildman–Crippen LogP) is 0.194. The largest absolute Gasteiger partial charge is 0.496 e. The molecule has 1 amide bonds. The van der Waals surface area contributed by atoms with Gasteiger partial charge >= 0.3 is 5.97 Å². The number of hydrogen-bond donors (Lipinski definition) is 2. The van der Waals surface area contributed by atoms with Gasteiger partial charge in [-0.2, -0.15) is 0 Å². The molecule has 0 radical (unpaired) electrons. The molecular formula is C13H16N2O4. The van der Waals surface area contributed by atoms with Gasteiger partial charge in [-0.1, -0.05) is 12.1 Å². The van der Waals surface area contributed by atoms with E-state index in [2.05, 4.69) is 5.32 Å². The lowest BCUT2D eigenvalue weighted by Crippen LogP contribution is -2.57. The molecule has 1 heterocycles. The van der Waals surface area contributed by atoms with Crippen molar-refractivity contribution < 1.29 is 19.4 Å². The summed E-state index contributed by atoms with van der Waals surface area (Å²) < 4.78 is 5.14. The first kappa shape index (κ1) is 13.4.